The summed E-state index contributed by atoms with van der Waals surface area (Å²) in [4.78, 5) is 11.4. The van der Waals surface area contributed by atoms with Gasteiger partial charge in [-0.25, -0.2) is 4.39 Å². The van der Waals surface area contributed by atoms with Crippen LogP contribution in [0, 0.1) is 17.7 Å². The molecule has 0 spiro atoms. The predicted molar refractivity (Wildman–Crippen MR) is 68.8 cm³/mol. The van der Waals surface area contributed by atoms with Gasteiger partial charge in [-0.15, -0.1) is 0 Å². The molecule has 2 rings (SSSR count). The first-order valence-electron chi connectivity index (χ1n) is 5.54. The number of Topliss-reactive ketones (excluding diaryl/α,β-unsaturated/α-hetero) is 1. The molecule has 0 saturated heterocycles. The minimum absolute atomic E-state index is 0.0286. The minimum Gasteiger partial charge on any atom is -0.294 e. The largest absolute Gasteiger partial charge is 0.294 e. The zero-order chi connectivity index (χ0) is 13.0. The fourth-order valence-corrected chi connectivity index (χ4v) is 1.60. The lowest BCUT2D eigenvalue weighted by Crippen LogP contribution is -1.95. The highest BCUT2D eigenvalue weighted by Gasteiger charge is 2.03. The van der Waals surface area contributed by atoms with Crippen molar-refractivity contribution in [2.75, 3.05) is 0 Å². The second kappa shape index (κ2) is 5.29. The van der Waals surface area contributed by atoms with Crippen molar-refractivity contribution in [3.8, 4) is 11.8 Å². The van der Waals surface area contributed by atoms with Crippen LogP contribution in [0.2, 0.25) is 0 Å². The van der Waals surface area contributed by atoms with Crippen LogP contribution in [0.25, 0.3) is 0 Å². The molecular weight excluding hydrogens is 227 g/mol. The van der Waals surface area contributed by atoms with Crippen molar-refractivity contribution in [1.82, 2.24) is 0 Å². The number of rotatable bonds is 1. The molecule has 0 aliphatic rings. The van der Waals surface area contributed by atoms with E-state index in [1.54, 1.807) is 30.3 Å². The van der Waals surface area contributed by atoms with Gasteiger partial charge in [0.2, 0.25) is 0 Å². The van der Waals surface area contributed by atoms with Crippen LogP contribution in [0.15, 0.2) is 48.5 Å². The number of halogens is 1. The van der Waals surface area contributed by atoms with Crippen LogP contribution in [0.1, 0.15) is 28.4 Å². The van der Waals surface area contributed by atoms with Crippen LogP contribution in [0.3, 0.4) is 0 Å². The average Bonchev–Trinajstić information content (AvgIpc) is 2.37. The van der Waals surface area contributed by atoms with E-state index in [1.165, 1.54) is 19.1 Å². The third-order valence-electron chi connectivity index (χ3n) is 2.47. The molecule has 2 aromatic rings. The maximum atomic E-state index is 13.0. The molecule has 0 heterocycles. The van der Waals surface area contributed by atoms with E-state index < -0.39 is 0 Å². The van der Waals surface area contributed by atoms with Gasteiger partial charge in [0.15, 0.2) is 5.78 Å². The molecule has 0 unspecified atom stereocenters. The first-order valence-corrected chi connectivity index (χ1v) is 5.54. The van der Waals surface area contributed by atoms with E-state index in [9.17, 15) is 9.18 Å². The molecule has 18 heavy (non-hydrogen) atoms. The predicted octanol–water partition coefficient (Wildman–Crippen LogP) is 3.43. The van der Waals surface area contributed by atoms with Gasteiger partial charge in [-0.3, -0.25) is 4.79 Å². The summed E-state index contributed by atoms with van der Waals surface area (Å²) in [6, 6.07) is 13.2. The Hall–Kier alpha value is -2.40. The molecule has 0 atom stereocenters. The Bertz CT molecular complexity index is 647. The van der Waals surface area contributed by atoms with E-state index in [0.717, 1.165) is 0 Å². The number of carbonyl (C=O) groups excluding carboxylic acids is 1. The normalized spacial score (nSPS) is 9.44. The molecule has 2 heteroatoms. The van der Waals surface area contributed by atoms with Gasteiger partial charge < -0.3 is 0 Å². The number of hydrogen-bond donors (Lipinski definition) is 0. The summed E-state index contributed by atoms with van der Waals surface area (Å²) in [6.45, 7) is 1.50. The van der Waals surface area contributed by atoms with Gasteiger partial charge in [0.1, 0.15) is 5.82 Å². The zero-order valence-electron chi connectivity index (χ0n) is 9.91. The Kier molecular flexibility index (Phi) is 3.54. The summed E-state index contributed by atoms with van der Waals surface area (Å²) < 4.78 is 13.0. The summed E-state index contributed by atoms with van der Waals surface area (Å²) in [5.41, 5.74) is 1.84. The van der Waals surface area contributed by atoms with Gasteiger partial charge >= 0.3 is 0 Å². The van der Waals surface area contributed by atoms with E-state index in [2.05, 4.69) is 11.8 Å². The van der Waals surface area contributed by atoms with Gasteiger partial charge in [-0.1, -0.05) is 36.1 Å². The van der Waals surface area contributed by atoms with Crippen molar-refractivity contribution in [2.24, 2.45) is 0 Å². The zero-order valence-corrected chi connectivity index (χ0v) is 9.91. The van der Waals surface area contributed by atoms with Crippen LogP contribution < -0.4 is 0 Å². The maximum Gasteiger partial charge on any atom is 0.161 e. The number of ketones is 1. The molecule has 0 aromatic heterocycles. The molecule has 0 N–H and O–H groups in total. The first-order chi connectivity index (χ1) is 8.66. The monoisotopic (exact) mass is 238 g/mol. The summed E-state index contributed by atoms with van der Waals surface area (Å²) in [5, 5.41) is 0. The molecule has 1 nitrogen and oxygen atoms in total. The Balaban J connectivity index is 2.39. The van der Waals surface area contributed by atoms with Crippen LogP contribution in [0.5, 0.6) is 0 Å². The quantitative estimate of drug-likeness (QED) is 0.549. The molecule has 0 aliphatic heterocycles. The van der Waals surface area contributed by atoms with Crippen LogP contribution in [-0.2, 0) is 0 Å². The number of benzene rings is 2. The van der Waals surface area contributed by atoms with E-state index >= 15 is 0 Å². The lowest BCUT2D eigenvalue weighted by atomic mass is 10.0. The van der Waals surface area contributed by atoms with Crippen molar-refractivity contribution in [3.63, 3.8) is 0 Å². The molecule has 0 saturated carbocycles. The Morgan fingerprint density at radius 3 is 2.56 bits per heavy atom. The fraction of sp³-hybridized carbons (Fsp3) is 0.0625. The van der Waals surface area contributed by atoms with Crippen LogP contribution >= 0.6 is 0 Å². The third-order valence-corrected chi connectivity index (χ3v) is 2.47. The van der Waals surface area contributed by atoms with Crippen molar-refractivity contribution >= 4 is 5.78 Å². The lowest BCUT2D eigenvalue weighted by molar-refractivity contribution is 0.101. The van der Waals surface area contributed by atoms with Gasteiger partial charge in [-0.2, -0.15) is 0 Å². The fourth-order valence-electron chi connectivity index (χ4n) is 1.60. The smallest absolute Gasteiger partial charge is 0.161 e. The SMILES string of the molecule is CC(=O)c1ccccc1C#Cc1cccc(F)c1. The second-order valence-corrected chi connectivity index (χ2v) is 3.86. The Morgan fingerprint density at radius 2 is 1.83 bits per heavy atom. The van der Waals surface area contributed by atoms with Gasteiger partial charge in [0, 0.05) is 16.7 Å². The van der Waals surface area contributed by atoms with Gasteiger partial charge in [0.05, 0.1) is 0 Å². The highest BCUT2D eigenvalue weighted by molar-refractivity contribution is 5.96. The molecular formula is C16H11FO. The summed E-state index contributed by atoms with van der Waals surface area (Å²) in [5.74, 6) is 5.41. The molecule has 0 radical (unpaired) electrons. The molecule has 0 amide bonds. The Morgan fingerprint density at radius 1 is 1.06 bits per heavy atom. The first kappa shape index (κ1) is 12.1. The minimum atomic E-state index is -0.318. The molecule has 0 aliphatic carbocycles. The van der Waals surface area contributed by atoms with Crippen LogP contribution in [0.4, 0.5) is 4.39 Å². The average molecular weight is 238 g/mol. The van der Waals surface area contributed by atoms with E-state index in [1.807, 2.05) is 6.07 Å². The summed E-state index contributed by atoms with van der Waals surface area (Å²) in [6.07, 6.45) is 0. The standard InChI is InChI=1S/C16H11FO/c1-12(18)16-8-3-2-6-14(16)10-9-13-5-4-7-15(17)11-13/h2-8,11H,1H3. The molecule has 88 valence electrons. The highest BCUT2D eigenvalue weighted by Crippen LogP contribution is 2.08. The lowest BCUT2D eigenvalue weighted by Gasteiger charge is -1.98. The van der Waals surface area contributed by atoms with E-state index in [4.69, 9.17) is 0 Å². The topological polar surface area (TPSA) is 17.1 Å². The molecule has 0 fully saturated rings. The summed E-state index contributed by atoms with van der Waals surface area (Å²) >= 11 is 0. The van der Waals surface area contributed by atoms with Crippen molar-refractivity contribution < 1.29 is 9.18 Å². The third kappa shape index (κ3) is 2.83. The van der Waals surface area contributed by atoms with Crippen molar-refractivity contribution in [2.45, 2.75) is 6.92 Å². The Labute approximate surface area is 105 Å². The van der Waals surface area contributed by atoms with E-state index in [0.29, 0.717) is 16.7 Å². The maximum absolute atomic E-state index is 13.0. The van der Waals surface area contributed by atoms with Gasteiger partial charge in [0.25, 0.3) is 0 Å². The van der Waals surface area contributed by atoms with Gasteiger partial charge in [-0.05, 0) is 31.2 Å². The molecule has 2 aromatic carbocycles. The van der Waals surface area contributed by atoms with Crippen molar-refractivity contribution in [3.05, 3.63) is 71.0 Å². The number of carbonyl (C=O) groups is 1. The highest BCUT2D eigenvalue weighted by atomic mass is 19.1. The molecule has 0 bridgehead atoms. The van der Waals surface area contributed by atoms with E-state index in [-0.39, 0.29) is 11.6 Å². The van der Waals surface area contributed by atoms with Crippen molar-refractivity contribution in [1.29, 1.82) is 0 Å². The van der Waals surface area contributed by atoms with Crippen LogP contribution in [-0.4, -0.2) is 5.78 Å². The second-order valence-electron chi connectivity index (χ2n) is 3.86. The summed E-state index contributed by atoms with van der Waals surface area (Å²) in [7, 11) is 0. The number of hydrogen-bond acceptors (Lipinski definition) is 1.